The number of rotatable bonds is 5. The van der Waals surface area contributed by atoms with Crippen molar-refractivity contribution in [3.05, 3.63) is 179 Å². The Morgan fingerprint density at radius 2 is 1.02 bits per heavy atom. The number of fused-ring (bicyclic) bond motifs is 6. The molecule has 2 aliphatic carbocycles. The monoisotopic (exact) mass is 807 g/mol. The van der Waals surface area contributed by atoms with Crippen LogP contribution < -0.4 is 26.2 Å². The number of hydrogen-bond acceptors (Lipinski definition) is 3. The van der Waals surface area contributed by atoms with Crippen molar-refractivity contribution in [1.29, 1.82) is 0 Å². The van der Waals surface area contributed by atoms with Gasteiger partial charge in [-0.3, -0.25) is 9.80 Å². The van der Waals surface area contributed by atoms with E-state index >= 15 is 0 Å². The molecule has 2 aliphatic heterocycles. The van der Waals surface area contributed by atoms with Gasteiger partial charge in [0.15, 0.2) is 0 Å². The van der Waals surface area contributed by atoms with Crippen LogP contribution in [0.1, 0.15) is 115 Å². The van der Waals surface area contributed by atoms with Crippen LogP contribution in [0.25, 0.3) is 11.1 Å². The summed E-state index contributed by atoms with van der Waals surface area (Å²) in [6.45, 7) is 24.4. The molecule has 0 radical (unpaired) electrons. The van der Waals surface area contributed by atoms with Gasteiger partial charge in [0.2, 0.25) is 6.71 Å². The van der Waals surface area contributed by atoms with Crippen LogP contribution in [-0.4, -0.2) is 11.7 Å². The molecule has 0 N–H and O–H groups in total. The molecule has 6 aromatic carbocycles. The standard InChI is InChI=1S/C58H58BN3/c1-54(2)35-55(3,4)43-31-41(27-28-42(43)54)62-50-29-26-38(37-20-14-11-15-21-37)30-49(50)59-48-33-45-44(56(5,6)36-57(45,7)8)32-46(48)58(9,10)47-34-51(60-53(62)52(47)59)61(39-22-16-12-17-23-39)40-24-18-13-19-25-40/h11-34H,35-36H2,1-10H3. The minimum Gasteiger partial charge on any atom is -0.296 e. The number of para-hydroxylation sites is 2. The van der Waals surface area contributed by atoms with Gasteiger partial charge in [-0.2, -0.15) is 0 Å². The first-order valence-electron chi connectivity index (χ1n) is 22.8. The molecule has 0 fully saturated rings. The number of benzene rings is 6. The Hall–Kier alpha value is -5.87. The number of pyridine rings is 1. The molecule has 1 aromatic heterocycles. The van der Waals surface area contributed by atoms with Crippen molar-refractivity contribution >= 4 is 57.5 Å². The maximum Gasteiger partial charge on any atom is 0.249 e. The predicted octanol–water partition coefficient (Wildman–Crippen LogP) is 13.1. The van der Waals surface area contributed by atoms with E-state index in [0.717, 1.165) is 35.9 Å². The van der Waals surface area contributed by atoms with Crippen molar-refractivity contribution < 1.29 is 0 Å². The second kappa shape index (κ2) is 13.1. The molecule has 4 heteroatoms. The maximum absolute atomic E-state index is 5.97. The molecule has 0 unspecified atom stereocenters. The van der Waals surface area contributed by atoms with Gasteiger partial charge >= 0.3 is 0 Å². The second-order valence-corrected chi connectivity index (χ2v) is 21.9. The third kappa shape index (κ3) is 5.67. The molecule has 3 heterocycles. The Morgan fingerprint density at radius 3 is 1.63 bits per heavy atom. The molecule has 308 valence electrons. The predicted molar refractivity (Wildman–Crippen MR) is 264 cm³/mol. The lowest BCUT2D eigenvalue weighted by molar-refractivity contribution is 0.402. The van der Waals surface area contributed by atoms with Gasteiger partial charge in [-0.05, 0) is 138 Å². The molecular weight excluding hydrogens is 749 g/mol. The highest BCUT2D eigenvalue weighted by atomic mass is 15.3. The van der Waals surface area contributed by atoms with Crippen molar-refractivity contribution in [1.82, 2.24) is 4.98 Å². The summed E-state index contributed by atoms with van der Waals surface area (Å²) in [6.07, 6.45) is 2.25. The molecule has 7 aromatic rings. The minimum atomic E-state index is -0.325. The topological polar surface area (TPSA) is 19.4 Å². The summed E-state index contributed by atoms with van der Waals surface area (Å²) in [5.74, 6) is 1.94. The molecule has 0 spiro atoms. The Bertz CT molecular complexity index is 2900. The number of nitrogens with zero attached hydrogens (tertiary/aromatic N) is 3. The first-order chi connectivity index (χ1) is 29.5. The van der Waals surface area contributed by atoms with Crippen LogP contribution in [0.5, 0.6) is 0 Å². The van der Waals surface area contributed by atoms with E-state index in [4.69, 9.17) is 4.98 Å². The van der Waals surface area contributed by atoms with E-state index in [2.05, 4.69) is 225 Å². The summed E-state index contributed by atoms with van der Waals surface area (Å²) >= 11 is 0. The Balaban J connectivity index is 1.26. The smallest absolute Gasteiger partial charge is 0.249 e. The number of aromatic nitrogens is 1. The summed E-state index contributed by atoms with van der Waals surface area (Å²) in [7, 11) is 0. The molecule has 11 rings (SSSR count). The quantitative estimate of drug-likeness (QED) is 0.162. The van der Waals surface area contributed by atoms with Gasteiger partial charge in [-0.25, -0.2) is 4.98 Å². The Kier molecular flexibility index (Phi) is 8.23. The molecule has 0 saturated heterocycles. The van der Waals surface area contributed by atoms with Crippen LogP contribution in [0.4, 0.5) is 34.4 Å². The highest BCUT2D eigenvalue weighted by molar-refractivity contribution is 6.99. The van der Waals surface area contributed by atoms with E-state index in [1.165, 1.54) is 72.3 Å². The normalized spacial score (nSPS) is 18.6. The summed E-state index contributed by atoms with van der Waals surface area (Å²) in [6, 6.07) is 54.7. The highest BCUT2D eigenvalue weighted by Crippen LogP contribution is 2.54. The molecule has 0 atom stereocenters. The zero-order chi connectivity index (χ0) is 43.1. The first kappa shape index (κ1) is 39.0. The van der Waals surface area contributed by atoms with Crippen molar-refractivity contribution in [2.45, 2.75) is 109 Å². The van der Waals surface area contributed by atoms with E-state index < -0.39 is 0 Å². The van der Waals surface area contributed by atoms with Crippen molar-refractivity contribution in [2.75, 3.05) is 9.80 Å². The average Bonchev–Trinajstić information content (AvgIpc) is 3.56. The van der Waals surface area contributed by atoms with Gasteiger partial charge in [-0.15, -0.1) is 0 Å². The minimum absolute atomic E-state index is 0.00370. The molecule has 62 heavy (non-hydrogen) atoms. The van der Waals surface area contributed by atoms with E-state index in [9.17, 15) is 0 Å². The average molecular weight is 808 g/mol. The van der Waals surface area contributed by atoms with Gasteiger partial charge in [-0.1, -0.05) is 172 Å². The molecule has 3 nitrogen and oxygen atoms in total. The zero-order valence-electron chi connectivity index (χ0n) is 38.2. The van der Waals surface area contributed by atoms with Crippen LogP contribution in [0.3, 0.4) is 0 Å². The van der Waals surface area contributed by atoms with E-state index in [0.29, 0.717) is 0 Å². The van der Waals surface area contributed by atoms with Crippen molar-refractivity contribution in [3.63, 3.8) is 0 Å². The summed E-state index contributed by atoms with van der Waals surface area (Å²) in [5, 5.41) is 0. The van der Waals surface area contributed by atoms with Crippen LogP contribution >= 0.6 is 0 Å². The van der Waals surface area contributed by atoms with Crippen LogP contribution in [0, 0.1) is 0 Å². The van der Waals surface area contributed by atoms with Gasteiger partial charge in [0.25, 0.3) is 0 Å². The fraction of sp³-hybridized carbons (Fsp3) is 0.293. The fourth-order valence-electron chi connectivity index (χ4n) is 12.9. The third-order valence-electron chi connectivity index (χ3n) is 15.3. The zero-order valence-corrected chi connectivity index (χ0v) is 38.2. The van der Waals surface area contributed by atoms with Crippen molar-refractivity contribution in [3.8, 4) is 11.1 Å². The summed E-state index contributed by atoms with van der Waals surface area (Å²) in [5.41, 5.74) is 19.7. The largest absolute Gasteiger partial charge is 0.296 e. The van der Waals surface area contributed by atoms with Gasteiger partial charge < -0.3 is 0 Å². The van der Waals surface area contributed by atoms with Crippen LogP contribution in [-0.2, 0) is 27.1 Å². The van der Waals surface area contributed by atoms with Crippen LogP contribution in [0.2, 0.25) is 0 Å². The Labute approximate surface area is 370 Å². The SMILES string of the molecule is CC1(C)CC(C)(C)c2cc(N3c4ccc(-c5ccccc5)cc4B4c5cc6c(cc5C(C)(C)c5cc(N(c7ccccc7)c7ccccc7)nc3c54)C(C)(C)CC6(C)C)ccc21. The van der Waals surface area contributed by atoms with E-state index in [-0.39, 0.29) is 33.8 Å². The maximum atomic E-state index is 5.97. The lowest BCUT2D eigenvalue weighted by Crippen LogP contribution is -2.64. The van der Waals surface area contributed by atoms with E-state index in [1.54, 1.807) is 0 Å². The van der Waals surface area contributed by atoms with Gasteiger partial charge in [0, 0.05) is 28.2 Å². The third-order valence-corrected chi connectivity index (χ3v) is 15.3. The first-order valence-corrected chi connectivity index (χ1v) is 22.8. The molecular formula is C58H58BN3. The fourth-order valence-corrected chi connectivity index (χ4v) is 12.9. The molecule has 0 bridgehead atoms. The van der Waals surface area contributed by atoms with Gasteiger partial charge in [0.1, 0.15) is 11.6 Å². The summed E-state index contributed by atoms with van der Waals surface area (Å²) < 4.78 is 0. The Morgan fingerprint density at radius 1 is 0.468 bits per heavy atom. The van der Waals surface area contributed by atoms with Crippen molar-refractivity contribution in [2.24, 2.45) is 0 Å². The highest BCUT2D eigenvalue weighted by Gasteiger charge is 2.51. The van der Waals surface area contributed by atoms with Crippen LogP contribution in [0.15, 0.2) is 146 Å². The number of hydrogen-bond donors (Lipinski definition) is 0. The van der Waals surface area contributed by atoms with E-state index in [1.807, 2.05) is 0 Å². The van der Waals surface area contributed by atoms with Gasteiger partial charge in [0.05, 0.1) is 0 Å². The molecule has 0 saturated carbocycles. The molecule has 0 amide bonds. The number of anilines is 6. The second-order valence-electron chi connectivity index (χ2n) is 21.9. The molecule has 4 aliphatic rings. The summed E-state index contributed by atoms with van der Waals surface area (Å²) in [4.78, 5) is 10.9. The lowest BCUT2D eigenvalue weighted by Gasteiger charge is -2.46. The lowest BCUT2D eigenvalue weighted by atomic mass is 9.30.